The number of alkyl carbamates (subject to hydrolysis) is 1. The summed E-state index contributed by atoms with van der Waals surface area (Å²) in [7, 11) is 0. The SMILES string of the molecule is CC(C)(C)OC(=O)N[C@H]1CNCC[C@H]2CC[C@@H](C(=O)NC(CCC(N)=O)C(=O)O)N2C1=O. The Hall–Kier alpha value is -2.89. The Morgan fingerprint density at radius 2 is 1.94 bits per heavy atom. The number of nitrogens with one attached hydrogen (secondary N) is 3. The molecule has 2 aliphatic rings. The largest absolute Gasteiger partial charge is 0.480 e. The highest BCUT2D eigenvalue weighted by Gasteiger charge is 2.44. The molecule has 12 nitrogen and oxygen atoms in total. The predicted octanol–water partition coefficient (Wildman–Crippen LogP) is -0.932. The third kappa shape index (κ3) is 7.08. The van der Waals surface area contributed by atoms with Crippen LogP contribution in [0.2, 0.25) is 0 Å². The maximum atomic E-state index is 13.3. The number of hydrogen-bond acceptors (Lipinski definition) is 7. The fraction of sp³-hybridized carbons (Fsp3) is 0.750. The molecule has 0 radical (unpaired) electrons. The molecule has 32 heavy (non-hydrogen) atoms. The molecule has 4 atom stereocenters. The van der Waals surface area contributed by atoms with E-state index in [0.29, 0.717) is 25.8 Å². The van der Waals surface area contributed by atoms with E-state index >= 15 is 0 Å². The Labute approximate surface area is 186 Å². The second-order valence-corrected chi connectivity index (χ2v) is 9.09. The summed E-state index contributed by atoms with van der Waals surface area (Å²) in [6, 6.07) is -3.32. The van der Waals surface area contributed by atoms with Gasteiger partial charge in [-0.2, -0.15) is 0 Å². The molecule has 180 valence electrons. The number of carboxylic acids is 1. The predicted molar refractivity (Wildman–Crippen MR) is 112 cm³/mol. The lowest BCUT2D eigenvalue weighted by atomic mass is 10.1. The van der Waals surface area contributed by atoms with E-state index in [4.69, 9.17) is 10.5 Å². The summed E-state index contributed by atoms with van der Waals surface area (Å²) in [4.78, 5) is 62.3. The maximum absolute atomic E-state index is 13.3. The summed E-state index contributed by atoms with van der Waals surface area (Å²) in [6.45, 7) is 5.88. The van der Waals surface area contributed by atoms with Gasteiger partial charge in [0.1, 0.15) is 23.7 Å². The van der Waals surface area contributed by atoms with Crippen LogP contribution in [0.25, 0.3) is 0 Å². The molecule has 2 saturated heterocycles. The molecule has 6 N–H and O–H groups in total. The first-order valence-corrected chi connectivity index (χ1v) is 10.7. The van der Waals surface area contributed by atoms with E-state index in [2.05, 4.69) is 16.0 Å². The summed E-state index contributed by atoms with van der Waals surface area (Å²) >= 11 is 0. The molecule has 2 heterocycles. The minimum Gasteiger partial charge on any atom is -0.480 e. The van der Waals surface area contributed by atoms with Gasteiger partial charge in [0, 0.05) is 19.0 Å². The van der Waals surface area contributed by atoms with Crippen molar-refractivity contribution in [2.24, 2.45) is 5.73 Å². The molecule has 2 aliphatic heterocycles. The van der Waals surface area contributed by atoms with E-state index in [1.807, 2.05) is 0 Å². The standard InChI is InChI=1S/C20H33N5O7/c1-20(2,3)32-19(31)24-13-10-22-9-8-11-4-6-14(25(11)17(13)28)16(27)23-12(18(29)30)5-7-15(21)26/h11-14,22H,4-10H2,1-3H3,(H2,21,26)(H,23,27)(H,24,31)(H,29,30)/t11-,12?,13+,14+/m1/s1. The molecule has 1 unspecified atom stereocenters. The number of rotatable bonds is 7. The number of nitrogens with zero attached hydrogens (tertiary/aromatic N) is 1. The smallest absolute Gasteiger partial charge is 0.408 e. The number of aliphatic carboxylic acids is 1. The Bertz CT molecular complexity index is 751. The maximum Gasteiger partial charge on any atom is 0.408 e. The van der Waals surface area contributed by atoms with E-state index < -0.39 is 53.5 Å². The third-order valence-corrected chi connectivity index (χ3v) is 5.35. The number of carboxylic acid groups (broad SMARTS) is 1. The number of amides is 4. The van der Waals surface area contributed by atoms with Gasteiger partial charge in [0.15, 0.2) is 0 Å². The number of carbonyl (C=O) groups is 5. The number of fused-ring (bicyclic) bond motifs is 1. The highest BCUT2D eigenvalue weighted by Crippen LogP contribution is 2.28. The number of ether oxygens (including phenoxy) is 1. The zero-order valence-corrected chi connectivity index (χ0v) is 18.7. The Kier molecular flexibility index (Phi) is 8.42. The van der Waals surface area contributed by atoms with Crippen molar-refractivity contribution in [1.82, 2.24) is 20.9 Å². The van der Waals surface area contributed by atoms with Gasteiger partial charge in [0.05, 0.1) is 0 Å². The molecule has 12 heteroatoms. The van der Waals surface area contributed by atoms with E-state index in [0.717, 1.165) is 0 Å². The van der Waals surface area contributed by atoms with E-state index in [1.54, 1.807) is 20.8 Å². The fourth-order valence-electron chi connectivity index (χ4n) is 3.91. The fourth-order valence-corrected chi connectivity index (χ4v) is 3.91. The number of hydrogen-bond donors (Lipinski definition) is 5. The molecular formula is C20H33N5O7. The van der Waals surface area contributed by atoms with Gasteiger partial charge >= 0.3 is 12.1 Å². The molecule has 4 amide bonds. The first-order valence-electron chi connectivity index (χ1n) is 10.7. The van der Waals surface area contributed by atoms with Crippen molar-refractivity contribution >= 4 is 29.8 Å². The molecule has 0 aromatic carbocycles. The average Bonchev–Trinajstić information content (AvgIpc) is 3.07. The second kappa shape index (κ2) is 10.6. The summed E-state index contributed by atoms with van der Waals surface area (Å²) in [5.74, 6) is -3.01. The van der Waals surface area contributed by atoms with Gasteiger partial charge in [-0.15, -0.1) is 0 Å². The van der Waals surface area contributed by atoms with E-state index in [1.165, 1.54) is 4.90 Å². The molecule has 0 spiro atoms. The molecule has 0 aliphatic carbocycles. The first-order chi connectivity index (χ1) is 14.9. The second-order valence-electron chi connectivity index (χ2n) is 9.09. The van der Waals surface area contributed by atoms with Crippen molar-refractivity contribution < 1.29 is 33.8 Å². The monoisotopic (exact) mass is 455 g/mol. The van der Waals surface area contributed by atoms with Gasteiger partial charge in [-0.05, 0) is 53.0 Å². The van der Waals surface area contributed by atoms with Crippen molar-refractivity contribution in [2.45, 2.75) is 82.6 Å². The highest BCUT2D eigenvalue weighted by molar-refractivity contribution is 5.94. The van der Waals surface area contributed by atoms with Gasteiger partial charge in [0.2, 0.25) is 17.7 Å². The van der Waals surface area contributed by atoms with Crippen LogP contribution in [0, 0.1) is 0 Å². The normalized spacial score (nSPS) is 24.5. The van der Waals surface area contributed by atoms with Gasteiger partial charge in [0.25, 0.3) is 0 Å². The minimum atomic E-state index is -1.30. The van der Waals surface area contributed by atoms with Crippen LogP contribution in [0.1, 0.15) is 52.9 Å². The van der Waals surface area contributed by atoms with Crippen molar-refractivity contribution in [2.75, 3.05) is 13.1 Å². The van der Waals surface area contributed by atoms with E-state index in [9.17, 15) is 29.1 Å². The zero-order valence-electron chi connectivity index (χ0n) is 18.7. The summed E-state index contributed by atoms with van der Waals surface area (Å²) in [5.41, 5.74) is 4.34. The number of primary amides is 1. The lowest BCUT2D eigenvalue weighted by Gasteiger charge is -2.35. The topological polar surface area (TPSA) is 180 Å². The van der Waals surface area contributed by atoms with Crippen molar-refractivity contribution in [3.05, 3.63) is 0 Å². The van der Waals surface area contributed by atoms with Crippen LogP contribution in [-0.2, 0) is 23.9 Å². The lowest BCUT2D eigenvalue weighted by molar-refractivity contribution is -0.145. The van der Waals surface area contributed by atoms with Gasteiger partial charge in [-0.25, -0.2) is 9.59 Å². The molecule has 0 aromatic heterocycles. The van der Waals surface area contributed by atoms with Crippen LogP contribution >= 0.6 is 0 Å². The summed E-state index contributed by atoms with van der Waals surface area (Å²) in [5, 5.41) is 17.5. The number of nitrogens with two attached hydrogens (primary N) is 1. The quantitative estimate of drug-likeness (QED) is 0.326. The minimum absolute atomic E-state index is 0.146. The van der Waals surface area contributed by atoms with Crippen LogP contribution in [0.15, 0.2) is 0 Å². The molecule has 2 rings (SSSR count). The highest BCUT2D eigenvalue weighted by atomic mass is 16.6. The van der Waals surface area contributed by atoms with Crippen LogP contribution in [-0.4, -0.2) is 82.6 Å². The zero-order chi connectivity index (χ0) is 24.1. The Balaban J connectivity index is 2.13. The van der Waals surface area contributed by atoms with Crippen molar-refractivity contribution in [3.63, 3.8) is 0 Å². The summed E-state index contributed by atoms with van der Waals surface area (Å²) in [6.07, 6.45) is 0.479. The molecule has 0 bridgehead atoms. The number of carbonyl (C=O) groups excluding carboxylic acids is 4. The Morgan fingerprint density at radius 1 is 1.25 bits per heavy atom. The lowest BCUT2D eigenvalue weighted by Crippen LogP contribution is -2.61. The van der Waals surface area contributed by atoms with Crippen LogP contribution in [0.5, 0.6) is 0 Å². The van der Waals surface area contributed by atoms with Gasteiger partial charge in [-0.3, -0.25) is 14.4 Å². The van der Waals surface area contributed by atoms with Crippen molar-refractivity contribution in [3.8, 4) is 0 Å². The third-order valence-electron chi connectivity index (χ3n) is 5.35. The van der Waals surface area contributed by atoms with E-state index in [-0.39, 0.29) is 25.4 Å². The van der Waals surface area contributed by atoms with Crippen molar-refractivity contribution in [1.29, 1.82) is 0 Å². The molecule has 0 saturated carbocycles. The molecule has 2 fully saturated rings. The Morgan fingerprint density at radius 3 is 2.53 bits per heavy atom. The van der Waals surface area contributed by atoms with Crippen LogP contribution in [0.3, 0.4) is 0 Å². The molecular weight excluding hydrogens is 422 g/mol. The first kappa shape index (κ1) is 25.4. The van der Waals surface area contributed by atoms with Crippen LogP contribution in [0.4, 0.5) is 4.79 Å². The van der Waals surface area contributed by atoms with Crippen LogP contribution < -0.4 is 21.7 Å². The summed E-state index contributed by atoms with van der Waals surface area (Å²) < 4.78 is 5.24. The molecule has 0 aromatic rings. The van der Waals surface area contributed by atoms with Gasteiger partial charge in [-0.1, -0.05) is 0 Å². The average molecular weight is 456 g/mol. The van der Waals surface area contributed by atoms with Gasteiger partial charge < -0.3 is 36.4 Å².